The van der Waals surface area contributed by atoms with Gasteiger partial charge in [0, 0.05) is 65.3 Å². The van der Waals surface area contributed by atoms with Gasteiger partial charge < -0.3 is 13.7 Å². The number of anilines is 3. The van der Waals surface area contributed by atoms with E-state index in [-0.39, 0.29) is 0 Å². The summed E-state index contributed by atoms with van der Waals surface area (Å²) < 4.78 is 14.9. The van der Waals surface area contributed by atoms with Crippen molar-refractivity contribution < 1.29 is 8.83 Å². The molecule has 2 heterocycles. The van der Waals surface area contributed by atoms with Crippen LogP contribution < -0.4 is 4.90 Å². The summed E-state index contributed by atoms with van der Waals surface area (Å²) in [6.07, 6.45) is 0. The normalized spacial score (nSPS) is 12.1. The molecule has 79 heavy (non-hydrogen) atoms. The van der Waals surface area contributed by atoms with Gasteiger partial charge in [0.05, 0.1) is 22.8 Å². The SMILES string of the molecule is c1ccc(N=C(c2ccccc2)c2cccc3c2oc2cc(-c4ccccc4)c4cc(N(c5ccc6ccccc6c5)c5c6ccccc6cc6ccccc56)c5ccc6c(oc7cccc(-c8ccccc8)c76)c5c4c23)cc1. The summed E-state index contributed by atoms with van der Waals surface area (Å²) in [7, 11) is 0. The third-order valence-electron chi connectivity index (χ3n) is 16.0. The molecule has 0 radical (unpaired) electrons. The molecule has 0 aliphatic rings. The molecular weight excluding hydrogens is 961 g/mol. The molecule has 0 saturated heterocycles. The molecule has 0 aliphatic carbocycles. The molecule has 0 aliphatic heterocycles. The largest absolute Gasteiger partial charge is 0.455 e. The van der Waals surface area contributed by atoms with Crippen LogP contribution in [0.4, 0.5) is 22.7 Å². The first-order chi connectivity index (χ1) is 39.2. The topological polar surface area (TPSA) is 41.9 Å². The van der Waals surface area contributed by atoms with E-state index < -0.39 is 0 Å². The molecule has 2 aromatic heterocycles. The van der Waals surface area contributed by atoms with Gasteiger partial charge in [-0.2, -0.15) is 0 Å². The predicted octanol–water partition coefficient (Wildman–Crippen LogP) is 21.2. The fraction of sp³-hybridized carbons (Fsp3) is 0. The molecule has 0 amide bonds. The van der Waals surface area contributed by atoms with Crippen LogP contribution >= 0.6 is 0 Å². The average molecular weight is 1010 g/mol. The Morgan fingerprint density at radius 3 is 1.65 bits per heavy atom. The lowest BCUT2D eigenvalue weighted by Crippen LogP contribution is -2.12. The van der Waals surface area contributed by atoms with Crippen molar-refractivity contribution in [2.24, 2.45) is 4.99 Å². The zero-order valence-electron chi connectivity index (χ0n) is 42.8. The number of furan rings is 2. The monoisotopic (exact) mass is 1010 g/mol. The van der Waals surface area contributed by atoms with E-state index in [1.165, 1.54) is 16.2 Å². The highest BCUT2D eigenvalue weighted by Crippen LogP contribution is 2.54. The molecule has 0 saturated carbocycles. The van der Waals surface area contributed by atoms with Crippen LogP contribution in [0.2, 0.25) is 0 Å². The molecule has 16 rings (SSSR count). The van der Waals surface area contributed by atoms with Crippen molar-refractivity contribution in [1.82, 2.24) is 0 Å². The second-order valence-corrected chi connectivity index (χ2v) is 20.5. The second-order valence-electron chi connectivity index (χ2n) is 20.5. The molecule has 0 N–H and O–H groups in total. The number of hydrogen-bond donors (Lipinski definition) is 0. The van der Waals surface area contributed by atoms with Gasteiger partial charge in [0.2, 0.25) is 0 Å². The lowest BCUT2D eigenvalue weighted by molar-refractivity contribution is 0.668. The highest BCUT2D eigenvalue weighted by atomic mass is 16.3. The van der Waals surface area contributed by atoms with Gasteiger partial charge in [0.1, 0.15) is 22.3 Å². The quantitative estimate of drug-likeness (QED) is 0.0865. The first-order valence-corrected chi connectivity index (χ1v) is 26.9. The number of para-hydroxylation sites is 2. The summed E-state index contributed by atoms with van der Waals surface area (Å²) >= 11 is 0. The summed E-state index contributed by atoms with van der Waals surface area (Å²) in [6.45, 7) is 0. The van der Waals surface area contributed by atoms with E-state index in [1.807, 2.05) is 24.3 Å². The fourth-order valence-corrected chi connectivity index (χ4v) is 12.5. The molecule has 14 aromatic carbocycles. The lowest BCUT2D eigenvalue weighted by atomic mass is 9.88. The van der Waals surface area contributed by atoms with E-state index in [1.54, 1.807) is 0 Å². The van der Waals surface area contributed by atoms with Crippen LogP contribution in [0.3, 0.4) is 0 Å². The van der Waals surface area contributed by atoms with Crippen molar-refractivity contribution in [2.75, 3.05) is 4.90 Å². The van der Waals surface area contributed by atoms with Crippen molar-refractivity contribution in [2.45, 2.75) is 0 Å². The third-order valence-corrected chi connectivity index (χ3v) is 16.0. The van der Waals surface area contributed by atoms with Crippen LogP contribution in [0.1, 0.15) is 11.1 Å². The van der Waals surface area contributed by atoms with E-state index in [9.17, 15) is 0 Å². The number of fused-ring (bicyclic) bond motifs is 14. The van der Waals surface area contributed by atoms with Gasteiger partial charge in [0.15, 0.2) is 0 Å². The van der Waals surface area contributed by atoms with Crippen molar-refractivity contribution in [3.8, 4) is 22.3 Å². The minimum absolute atomic E-state index is 0.767. The van der Waals surface area contributed by atoms with Gasteiger partial charge >= 0.3 is 0 Å². The van der Waals surface area contributed by atoms with Crippen molar-refractivity contribution in [3.05, 3.63) is 290 Å². The maximum Gasteiger partial charge on any atom is 0.144 e. The Kier molecular flexibility index (Phi) is 10.2. The molecular formula is C75H46N2O2. The second kappa shape index (κ2) is 18.1. The van der Waals surface area contributed by atoms with Crippen LogP contribution in [-0.2, 0) is 0 Å². The Labute approximate surface area is 455 Å². The zero-order chi connectivity index (χ0) is 52.0. The molecule has 0 atom stereocenters. The summed E-state index contributed by atoms with van der Waals surface area (Å²) in [6, 6.07) is 99.9. The van der Waals surface area contributed by atoms with Gasteiger partial charge in [-0.3, -0.25) is 0 Å². The van der Waals surface area contributed by atoms with Crippen LogP contribution in [0.25, 0.3) is 120 Å². The first kappa shape index (κ1) is 44.7. The minimum Gasteiger partial charge on any atom is -0.455 e. The molecule has 0 fully saturated rings. The van der Waals surface area contributed by atoms with E-state index in [0.29, 0.717) is 0 Å². The van der Waals surface area contributed by atoms with E-state index >= 15 is 0 Å². The minimum atomic E-state index is 0.767. The van der Waals surface area contributed by atoms with Gasteiger partial charge in [-0.15, -0.1) is 0 Å². The van der Waals surface area contributed by atoms with E-state index in [2.05, 4.69) is 260 Å². The lowest BCUT2D eigenvalue weighted by Gasteiger charge is -2.30. The summed E-state index contributed by atoms with van der Waals surface area (Å²) in [5.74, 6) is 0. The number of rotatable bonds is 8. The maximum absolute atomic E-state index is 7.48. The number of nitrogens with zero attached hydrogens (tertiary/aromatic N) is 2. The third kappa shape index (κ3) is 7.19. The van der Waals surface area contributed by atoms with Crippen LogP contribution in [0.5, 0.6) is 0 Å². The average Bonchev–Trinajstić information content (AvgIpc) is 4.34. The number of aliphatic imine (C=N–C) groups is 1. The van der Waals surface area contributed by atoms with Gasteiger partial charge in [-0.25, -0.2) is 4.99 Å². The molecule has 16 aromatic rings. The Bertz CT molecular complexity index is 5060. The molecule has 0 unspecified atom stereocenters. The van der Waals surface area contributed by atoms with E-state index in [0.717, 1.165) is 143 Å². The fourth-order valence-electron chi connectivity index (χ4n) is 12.5. The molecule has 4 nitrogen and oxygen atoms in total. The first-order valence-electron chi connectivity index (χ1n) is 26.9. The zero-order valence-corrected chi connectivity index (χ0v) is 42.8. The summed E-state index contributed by atoms with van der Waals surface area (Å²) in [4.78, 5) is 7.91. The van der Waals surface area contributed by atoms with Crippen LogP contribution in [0.15, 0.2) is 293 Å². The van der Waals surface area contributed by atoms with Gasteiger partial charge in [0.25, 0.3) is 0 Å². The van der Waals surface area contributed by atoms with Gasteiger partial charge in [-0.1, -0.05) is 218 Å². The molecule has 368 valence electrons. The Morgan fingerprint density at radius 2 is 0.911 bits per heavy atom. The van der Waals surface area contributed by atoms with Crippen molar-refractivity contribution in [1.29, 1.82) is 0 Å². The van der Waals surface area contributed by atoms with Crippen molar-refractivity contribution >= 4 is 126 Å². The predicted molar refractivity (Wildman–Crippen MR) is 332 cm³/mol. The smallest absolute Gasteiger partial charge is 0.144 e. The molecule has 0 spiro atoms. The Morgan fingerprint density at radius 1 is 0.329 bits per heavy atom. The highest BCUT2D eigenvalue weighted by molar-refractivity contribution is 6.38. The summed E-state index contributed by atoms with van der Waals surface area (Å²) in [5, 5.41) is 15.3. The maximum atomic E-state index is 7.48. The van der Waals surface area contributed by atoms with Crippen molar-refractivity contribution in [3.63, 3.8) is 0 Å². The van der Waals surface area contributed by atoms with Crippen LogP contribution in [0, 0.1) is 0 Å². The molecule has 0 bridgehead atoms. The van der Waals surface area contributed by atoms with Crippen LogP contribution in [-0.4, -0.2) is 5.71 Å². The van der Waals surface area contributed by atoms with E-state index in [4.69, 9.17) is 13.8 Å². The standard InChI is InChI=1S/C75H46N2O2/c1-5-22-48(23-6-1)56-35-20-38-66-68(56)61-42-41-59-65(77(55-40-39-47-21-13-14-28-51(47)44-55)73-57-33-17-15-29-52(57)43-53-30-16-18-34-58(53)73)45-64-63(49-24-7-2-8-25-49)46-67-69(70(64)71(59)75(61)78-66)60-36-19-37-62(74(60)79-67)72(50-26-9-3-10-27-50)76-54-31-11-4-12-32-54/h1-46H. The number of hydrogen-bond acceptors (Lipinski definition) is 4. The highest BCUT2D eigenvalue weighted by Gasteiger charge is 2.29. The van der Waals surface area contributed by atoms with Gasteiger partial charge in [-0.05, 0) is 110 Å². The summed E-state index contributed by atoms with van der Waals surface area (Å²) in [5.41, 5.74) is 14.3. The number of benzene rings is 14. The Balaban J connectivity index is 1.12. The molecule has 4 heteroatoms. The Hall–Kier alpha value is -10.6.